The molecule has 0 atom stereocenters. The predicted octanol–water partition coefficient (Wildman–Crippen LogP) is 3.93. The first-order chi connectivity index (χ1) is 17.4. The van der Waals surface area contributed by atoms with Gasteiger partial charge in [-0.15, -0.1) is 0 Å². The summed E-state index contributed by atoms with van der Waals surface area (Å²) < 4.78 is 30.2. The Morgan fingerprint density at radius 3 is 2.44 bits per heavy atom. The van der Waals surface area contributed by atoms with Gasteiger partial charge in [-0.25, -0.2) is 13.8 Å². The molecule has 2 aromatic rings. The summed E-state index contributed by atoms with van der Waals surface area (Å²) in [4.78, 5) is 27.0. The minimum absolute atomic E-state index is 0.0509. The minimum Gasteiger partial charge on any atom is -0.395 e. The van der Waals surface area contributed by atoms with Crippen molar-refractivity contribution in [3.8, 4) is 0 Å². The minimum atomic E-state index is -2.65. The molecule has 1 aromatic carbocycles. The third-order valence-electron chi connectivity index (χ3n) is 7.40. The quantitative estimate of drug-likeness (QED) is 0.358. The summed E-state index contributed by atoms with van der Waals surface area (Å²) in [5.74, 6) is -2.24. The van der Waals surface area contributed by atoms with Crippen LogP contribution in [-0.4, -0.2) is 66.2 Å². The normalized spacial score (nSPS) is 20.4. The second-order valence-electron chi connectivity index (χ2n) is 9.93. The fourth-order valence-electron chi connectivity index (χ4n) is 4.90. The summed E-state index contributed by atoms with van der Waals surface area (Å²) in [5, 5.41) is 11.9. The number of carbonyl (C=O) groups is 1. The highest BCUT2D eigenvalue weighted by Gasteiger charge is 2.44. The number of carbonyl (C=O) groups excluding carboxylic acids is 1. The molecule has 0 bridgehead atoms. The molecule has 1 aromatic heterocycles. The van der Waals surface area contributed by atoms with Crippen molar-refractivity contribution in [1.29, 1.82) is 0 Å². The van der Waals surface area contributed by atoms with E-state index in [1.54, 1.807) is 11.0 Å². The van der Waals surface area contributed by atoms with Gasteiger partial charge in [0.05, 0.1) is 17.9 Å². The maximum Gasteiger partial charge on any atom is 0.258 e. The lowest BCUT2D eigenvalue weighted by Crippen LogP contribution is -2.40. The number of hydrogen-bond acceptors (Lipinski definition) is 8. The lowest BCUT2D eigenvalue weighted by atomic mass is 9.93. The van der Waals surface area contributed by atoms with Crippen molar-refractivity contribution in [3.63, 3.8) is 0 Å². The maximum atomic E-state index is 13.5. The van der Waals surface area contributed by atoms with Gasteiger partial charge in [-0.05, 0) is 67.3 Å². The third kappa shape index (κ3) is 5.90. The summed E-state index contributed by atoms with van der Waals surface area (Å²) in [5.41, 5.74) is 1.96. The molecule has 8 nitrogen and oxygen atoms in total. The van der Waals surface area contributed by atoms with Crippen LogP contribution in [0, 0.1) is 5.41 Å². The number of piperidine rings is 2. The van der Waals surface area contributed by atoms with Gasteiger partial charge in [0.2, 0.25) is 5.95 Å². The van der Waals surface area contributed by atoms with E-state index < -0.39 is 5.92 Å². The second kappa shape index (κ2) is 10.5. The Balaban J connectivity index is 1.32. The highest BCUT2D eigenvalue weighted by Crippen LogP contribution is 2.54. The molecule has 0 unspecified atom stereocenters. The molecule has 3 N–H and O–H groups in total. The average Bonchev–Trinajstić information content (AvgIpc) is 3.63. The predicted molar refractivity (Wildman–Crippen MR) is 137 cm³/mol. The number of aliphatic hydroxyl groups is 1. The maximum absolute atomic E-state index is 13.5. The van der Waals surface area contributed by atoms with Crippen LogP contribution < -0.4 is 19.8 Å². The number of hydrogen-bond donors (Lipinski definition) is 3. The van der Waals surface area contributed by atoms with E-state index >= 15 is 0 Å². The number of rotatable bonds is 8. The zero-order valence-corrected chi connectivity index (χ0v) is 21.0. The van der Waals surface area contributed by atoms with Gasteiger partial charge in [-0.2, -0.15) is 4.98 Å². The van der Waals surface area contributed by atoms with Crippen LogP contribution in [0.2, 0.25) is 0 Å². The highest BCUT2D eigenvalue weighted by atomic mass is 32.2. The summed E-state index contributed by atoms with van der Waals surface area (Å²) in [6, 6.07) is 7.34. The molecular formula is C25H32F2N6O2S. The molecule has 1 amide bonds. The number of anilines is 3. The van der Waals surface area contributed by atoms with Crippen LogP contribution in [0.5, 0.6) is 0 Å². The number of benzene rings is 1. The largest absolute Gasteiger partial charge is 0.395 e. The lowest BCUT2D eigenvalue weighted by molar-refractivity contribution is -0.0222. The fourth-order valence-corrected chi connectivity index (χ4v) is 5.56. The second-order valence-corrected chi connectivity index (χ2v) is 10.9. The van der Waals surface area contributed by atoms with Crippen LogP contribution in [0.25, 0.3) is 0 Å². The molecule has 36 heavy (non-hydrogen) atoms. The Labute approximate surface area is 214 Å². The number of halogens is 2. The molecule has 11 heteroatoms. The number of aliphatic hydroxyl groups excluding tert-OH is 1. The first kappa shape index (κ1) is 25.2. The van der Waals surface area contributed by atoms with Crippen LogP contribution in [0.15, 0.2) is 35.4 Å². The standard InChI is InChI=1S/C25H32F2N6O2S/c26-25(27)8-14-33(15-9-25)23-28-10-3-21(31-23)30-22(35)19-2-1-18(36-29-11-16-34)17-20(19)32-12-6-24(4-5-24)7-13-32/h1-3,10,17,29,34H,4-9,11-16H2,(H,28,30,31,35). The first-order valence-electron chi connectivity index (χ1n) is 12.5. The molecule has 0 radical (unpaired) electrons. The zero-order chi connectivity index (χ0) is 25.2. The lowest BCUT2D eigenvalue weighted by Gasteiger charge is -2.35. The highest BCUT2D eigenvalue weighted by molar-refractivity contribution is 7.97. The van der Waals surface area contributed by atoms with Crippen molar-refractivity contribution in [2.24, 2.45) is 5.41 Å². The van der Waals surface area contributed by atoms with Crippen molar-refractivity contribution in [1.82, 2.24) is 14.7 Å². The molecule has 1 saturated carbocycles. The Morgan fingerprint density at radius 2 is 1.75 bits per heavy atom. The molecule has 2 saturated heterocycles. The first-order valence-corrected chi connectivity index (χ1v) is 13.3. The summed E-state index contributed by atoms with van der Waals surface area (Å²) in [7, 11) is 0. The molecule has 1 spiro atoms. The van der Waals surface area contributed by atoms with Crippen LogP contribution >= 0.6 is 11.9 Å². The van der Waals surface area contributed by atoms with Crippen LogP contribution in [0.1, 0.15) is 48.9 Å². The molecule has 3 heterocycles. The summed E-state index contributed by atoms with van der Waals surface area (Å²) >= 11 is 1.43. The topological polar surface area (TPSA) is 93.6 Å². The van der Waals surface area contributed by atoms with E-state index in [1.165, 1.54) is 31.0 Å². The van der Waals surface area contributed by atoms with Gasteiger partial charge in [0.1, 0.15) is 5.82 Å². The van der Waals surface area contributed by atoms with E-state index in [4.69, 9.17) is 5.11 Å². The zero-order valence-electron chi connectivity index (χ0n) is 20.2. The van der Waals surface area contributed by atoms with E-state index in [-0.39, 0.29) is 38.4 Å². The molecule has 1 aliphatic carbocycles. The van der Waals surface area contributed by atoms with Crippen molar-refractivity contribution < 1.29 is 18.7 Å². The van der Waals surface area contributed by atoms with Gasteiger partial charge < -0.3 is 20.2 Å². The molecule has 194 valence electrons. The Morgan fingerprint density at radius 1 is 1.03 bits per heavy atom. The SMILES string of the molecule is O=C(Nc1ccnc(N2CCC(F)(F)CC2)n1)c1ccc(SNCCO)cc1N1CCC2(CC1)CC2. The monoisotopic (exact) mass is 518 g/mol. The third-order valence-corrected chi connectivity index (χ3v) is 8.24. The van der Waals surface area contributed by atoms with Crippen molar-refractivity contribution in [2.75, 3.05) is 54.4 Å². The summed E-state index contributed by atoms with van der Waals surface area (Å²) in [6.45, 7) is 2.70. The van der Waals surface area contributed by atoms with E-state index in [0.29, 0.717) is 29.3 Å². The smallest absolute Gasteiger partial charge is 0.258 e. The number of nitrogens with one attached hydrogen (secondary N) is 2. The molecule has 2 aliphatic heterocycles. The number of nitrogens with zero attached hydrogens (tertiary/aromatic N) is 4. The Hall–Kier alpha value is -2.50. The van der Waals surface area contributed by atoms with Gasteiger partial charge in [-0.1, -0.05) is 0 Å². The van der Waals surface area contributed by atoms with E-state index in [2.05, 4.69) is 24.9 Å². The van der Waals surface area contributed by atoms with Crippen LogP contribution in [0.4, 0.5) is 26.2 Å². The van der Waals surface area contributed by atoms with E-state index in [9.17, 15) is 13.6 Å². The van der Waals surface area contributed by atoms with Crippen molar-refractivity contribution in [3.05, 3.63) is 36.0 Å². The molecule has 3 aliphatic rings. The van der Waals surface area contributed by atoms with Gasteiger partial charge >= 0.3 is 0 Å². The molecule has 3 fully saturated rings. The molecular weight excluding hydrogens is 486 g/mol. The number of aromatic nitrogens is 2. The van der Waals surface area contributed by atoms with Crippen LogP contribution in [-0.2, 0) is 0 Å². The summed E-state index contributed by atoms with van der Waals surface area (Å²) in [6.07, 6.45) is 5.96. The van der Waals surface area contributed by atoms with E-state index in [1.807, 2.05) is 18.2 Å². The number of amides is 1. The van der Waals surface area contributed by atoms with Gasteiger partial charge in [0.25, 0.3) is 11.8 Å². The van der Waals surface area contributed by atoms with Gasteiger partial charge in [0.15, 0.2) is 0 Å². The Kier molecular flexibility index (Phi) is 7.32. The number of alkyl halides is 2. The van der Waals surface area contributed by atoms with Crippen LogP contribution in [0.3, 0.4) is 0 Å². The Bertz CT molecular complexity index is 1080. The molecule has 5 rings (SSSR count). The fraction of sp³-hybridized carbons (Fsp3) is 0.560. The van der Waals surface area contributed by atoms with Gasteiger partial charge in [-0.3, -0.25) is 9.52 Å². The average molecular weight is 519 g/mol. The van der Waals surface area contributed by atoms with Gasteiger partial charge in [0, 0.05) is 56.7 Å². The van der Waals surface area contributed by atoms with Crippen molar-refractivity contribution in [2.45, 2.75) is 49.3 Å². The van der Waals surface area contributed by atoms with Crippen molar-refractivity contribution >= 4 is 35.3 Å². The van der Waals surface area contributed by atoms with E-state index in [0.717, 1.165) is 36.5 Å².